The second-order valence-electron chi connectivity index (χ2n) is 3.87. The molecule has 2 amide bonds. The van der Waals surface area contributed by atoms with E-state index in [0.717, 1.165) is 7.11 Å². The summed E-state index contributed by atoms with van der Waals surface area (Å²) in [6.07, 6.45) is -2.08. The number of benzene rings is 1. The minimum absolute atomic E-state index is 0.201. The quantitative estimate of drug-likeness (QED) is 0.825. The van der Waals surface area contributed by atoms with Gasteiger partial charge in [0.1, 0.15) is 5.75 Å². The molecule has 1 aromatic carbocycles. The molecule has 1 aromatic rings. The van der Waals surface area contributed by atoms with E-state index in [-0.39, 0.29) is 5.56 Å². The number of amides is 2. The van der Waals surface area contributed by atoms with E-state index in [0.29, 0.717) is 10.2 Å². The molecule has 8 heteroatoms. The standard InChI is InChI=1S/C13H14BrNO6/c1-7(11(16)15-13(18)20-3)21-12(17)9-6-8(19-2)4-5-10(9)14/h4-7H,1-3H3,(H,15,16,18)/t7-/m1/s1. The van der Waals surface area contributed by atoms with E-state index >= 15 is 0 Å². The summed E-state index contributed by atoms with van der Waals surface area (Å²) in [7, 11) is 2.58. The van der Waals surface area contributed by atoms with Gasteiger partial charge in [0.2, 0.25) is 0 Å². The van der Waals surface area contributed by atoms with Gasteiger partial charge >= 0.3 is 12.1 Å². The largest absolute Gasteiger partial charge is 0.497 e. The molecule has 0 fully saturated rings. The summed E-state index contributed by atoms with van der Waals surface area (Å²) in [5.74, 6) is -1.04. The molecule has 114 valence electrons. The summed E-state index contributed by atoms with van der Waals surface area (Å²) in [6, 6.07) is 4.75. The third-order valence-electron chi connectivity index (χ3n) is 2.46. The van der Waals surface area contributed by atoms with E-state index in [4.69, 9.17) is 9.47 Å². The van der Waals surface area contributed by atoms with Gasteiger partial charge in [0.15, 0.2) is 6.10 Å². The van der Waals surface area contributed by atoms with E-state index in [9.17, 15) is 14.4 Å². The Kier molecular flexibility index (Phi) is 6.16. The molecule has 1 rings (SSSR count). The highest BCUT2D eigenvalue weighted by atomic mass is 79.9. The van der Waals surface area contributed by atoms with Gasteiger partial charge in [0.05, 0.1) is 19.8 Å². The van der Waals surface area contributed by atoms with E-state index in [1.165, 1.54) is 20.1 Å². The fourth-order valence-corrected chi connectivity index (χ4v) is 1.73. The SMILES string of the molecule is COC(=O)NC(=O)[C@@H](C)OC(=O)c1cc(OC)ccc1Br. The summed E-state index contributed by atoms with van der Waals surface area (Å²) in [4.78, 5) is 34.5. The van der Waals surface area contributed by atoms with Crippen LogP contribution in [0.5, 0.6) is 5.75 Å². The topological polar surface area (TPSA) is 90.9 Å². The molecule has 0 spiro atoms. The van der Waals surface area contributed by atoms with Crippen molar-refractivity contribution in [3.8, 4) is 5.75 Å². The zero-order valence-electron chi connectivity index (χ0n) is 11.6. The third kappa shape index (κ3) is 4.75. The Labute approximate surface area is 129 Å². The van der Waals surface area contributed by atoms with Crippen LogP contribution in [0.1, 0.15) is 17.3 Å². The molecule has 21 heavy (non-hydrogen) atoms. The Morgan fingerprint density at radius 3 is 2.48 bits per heavy atom. The number of carbonyl (C=O) groups is 3. The van der Waals surface area contributed by atoms with Crippen LogP contribution in [-0.4, -0.2) is 38.3 Å². The van der Waals surface area contributed by atoms with Gasteiger partial charge < -0.3 is 14.2 Å². The predicted molar refractivity (Wildman–Crippen MR) is 76.1 cm³/mol. The first-order chi connectivity index (χ1) is 9.88. The number of rotatable bonds is 4. The lowest BCUT2D eigenvalue weighted by Gasteiger charge is -2.13. The Bertz CT molecular complexity index is 560. The van der Waals surface area contributed by atoms with Crippen LogP contribution in [0.3, 0.4) is 0 Å². The second kappa shape index (κ2) is 7.63. The van der Waals surface area contributed by atoms with Crippen LogP contribution >= 0.6 is 15.9 Å². The Morgan fingerprint density at radius 1 is 1.24 bits per heavy atom. The van der Waals surface area contributed by atoms with Gasteiger partial charge in [-0.3, -0.25) is 10.1 Å². The fraction of sp³-hybridized carbons (Fsp3) is 0.308. The Morgan fingerprint density at radius 2 is 1.90 bits per heavy atom. The molecule has 1 atom stereocenters. The molecular weight excluding hydrogens is 346 g/mol. The van der Waals surface area contributed by atoms with Gasteiger partial charge in [0, 0.05) is 4.47 Å². The molecule has 0 aliphatic rings. The fourth-order valence-electron chi connectivity index (χ4n) is 1.32. The number of esters is 1. The van der Waals surface area contributed by atoms with Crippen molar-refractivity contribution in [2.75, 3.05) is 14.2 Å². The number of halogens is 1. The first-order valence-electron chi connectivity index (χ1n) is 5.82. The van der Waals surface area contributed by atoms with Crippen molar-refractivity contribution in [3.05, 3.63) is 28.2 Å². The molecule has 0 radical (unpaired) electrons. The van der Waals surface area contributed by atoms with Crippen LogP contribution in [-0.2, 0) is 14.3 Å². The van der Waals surface area contributed by atoms with Crippen molar-refractivity contribution in [1.82, 2.24) is 5.32 Å². The number of carbonyl (C=O) groups excluding carboxylic acids is 3. The summed E-state index contributed by atoms with van der Waals surface area (Å²) in [6.45, 7) is 1.34. The van der Waals surface area contributed by atoms with E-state index < -0.39 is 24.1 Å². The number of nitrogens with one attached hydrogen (secondary N) is 1. The lowest BCUT2D eigenvalue weighted by Crippen LogP contribution is -2.39. The molecule has 0 aliphatic heterocycles. The van der Waals surface area contributed by atoms with Gasteiger partial charge in [-0.15, -0.1) is 0 Å². The average molecular weight is 360 g/mol. The molecule has 7 nitrogen and oxygen atoms in total. The number of alkyl carbamates (subject to hydrolysis) is 1. The predicted octanol–water partition coefficient (Wildman–Crippen LogP) is 1.89. The molecular formula is C13H14BrNO6. The lowest BCUT2D eigenvalue weighted by atomic mass is 10.2. The number of methoxy groups -OCH3 is 2. The van der Waals surface area contributed by atoms with Crippen molar-refractivity contribution < 1.29 is 28.6 Å². The van der Waals surface area contributed by atoms with Crippen LogP contribution in [0.4, 0.5) is 4.79 Å². The van der Waals surface area contributed by atoms with E-state index in [1.54, 1.807) is 12.1 Å². The monoisotopic (exact) mass is 359 g/mol. The first-order valence-corrected chi connectivity index (χ1v) is 6.61. The highest BCUT2D eigenvalue weighted by Crippen LogP contribution is 2.23. The number of hydrogen-bond donors (Lipinski definition) is 1. The maximum atomic E-state index is 12.0. The molecule has 0 unspecified atom stereocenters. The molecule has 0 saturated carbocycles. The maximum absolute atomic E-state index is 12.0. The van der Waals surface area contributed by atoms with Gasteiger partial charge in [-0.05, 0) is 41.1 Å². The van der Waals surface area contributed by atoms with Crippen molar-refractivity contribution in [3.63, 3.8) is 0 Å². The van der Waals surface area contributed by atoms with Crippen LogP contribution < -0.4 is 10.1 Å². The van der Waals surface area contributed by atoms with Crippen LogP contribution in [0.2, 0.25) is 0 Å². The summed E-state index contributed by atoms with van der Waals surface area (Å²) < 4.78 is 14.8. The first kappa shape index (κ1) is 17.0. The molecule has 1 N–H and O–H groups in total. The van der Waals surface area contributed by atoms with Gasteiger partial charge in [-0.2, -0.15) is 0 Å². The maximum Gasteiger partial charge on any atom is 0.413 e. The molecule has 0 bridgehead atoms. The van der Waals surface area contributed by atoms with Crippen LogP contribution in [0.15, 0.2) is 22.7 Å². The number of ether oxygens (including phenoxy) is 3. The number of imide groups is 1. The van der Waals surface area contributed by atoms with Crippen LogP contribution in [0.25, 0.3) is 0 Å². The third-order valence-corrected chi connectivity index (χ3v) is 3.15. The van der Waals surface area contributed by atoms with E-state index in [1.807, 2.05) is 5.32 Å². The molecule has 0 aromatic heterocycles. The van der Waals surface area contributed by atoms with E-state index in [2.05, 4.69) is 20.7 Å². The van der Waals surface area contributed by atoms with Gasteiger partial charge in [-0.1, -0.05) is 0 Å². The molecule has 0 saturated heterocycles. The Balaban J connectivity index is 2.76. The average Bonchev–Trinajstić information content (AvgIpc) is 2.47. The Hall–Kier alpha value is -2.09. The zero-order valence-corrected chi connectivity index (χ0v) is 13.2. The van der Waals surface area contributed by atoms with Crippen molar-refractivity contribution in [2.24, 2.45) is 0 Å². The van der Waals surface area contributed by atoms with Crippen molar-refractivity contribution in [1.29, 1.82) is 0 Å². The zero-order chi connectivity index (χ0) is 16.0. The summed E-state index contributed by atoms with van der Waals surface area (Å²) in [5.41, 5.74) is 0.201. The van der Waals surface area contributed by atoms with Crippen molar-refractivity contribution >= 4 is 33.9 Å². The highest BCUT2D eigenvalue weighted by Gasteiger charge is 2.22. The number of hydrogen-bond acceptors (Lipinski definition) is 6. The minimum atomic E-state index is -1.16. The molecule has 0 heterocycles. The molecule has 0 aliphatic carbocycles. The van der Waals surface area contributed by atoms with Crippen molar-refractivity contribution in [2.45, 2.75) is 13.0 Å². The normalized spacial score (nSPS) is 11.2. The van der Waals surface area contributed by atoms with Gasteiger partial charge in [0.25, 0.3) is 5.91 Å². The van der Waals surface area contributed by atoms with Gasteiger partial charge in [-0.25, -0.2) is 9.59 Å². The second-order valence-corrected chi connectivity index (χ2v) is 4.73. The van der Waals surface area contributed by atoms with Crippen LogP contribution in [0, 0.1) is 0 Å². The minimum Gasteiger partial charge on any atom is -0.497 e. The summed E-state index contributed by atoms with van der Waals surface area (Å²) in [5, 5.41) is 1.91. The smallest absolute Gasteiger partial charge is 0.413 e. The summed E-state index contributed by atoms with van der Waals surface area (Å²) >= 11 is 3.21. The lowest BCUT2D eigenvalue weighted by molar-refractivity contribution is -0.128. The highest BCUT2D eigenvalue weighted by molar-refractivity contribution is 9.10.